The Bertz CT molecular complexity index is 906. The number of piperidine rings is 1. The highest BCUT2D eigenvalue weighted by Gasteiger charge is 2.40. The van der Waals surface area contributed by atoms with Gasteiger partial charge in [-0.2, -0.15) is 31.4 Å². The smallest absolute Gasteiger partial charge is 0.337 e. The molecule has 0 aromatic carbocycles. The first-order valence-electron chi connectivity index (χ1n) is 10.1. The standard InChI is InChI=1S/C20H22F6N4O/c21-19(22,23)11-29-9-14-16(10-29)27-28-17(14)18(31)30-7-5-12(6-8-30)13-3-1-2-4-15(13)20(24,25)26/h1,3,12H,2,4-11H2,(H,27,28). The van der Waals surface area contributed by atoms with Crippen LogP contribution in [0.5, 0.6) is 0 Å². The molecule has 3 aliphatic rings. The molecule has 31 heavy (non-hydrogen) atoms. The number of hydrogen-bond donors (Lipinski definition) is 1. The van der Waals surface area contributed by atoms with Crippen LogP contribution in [0.25, 0.3) is 0 Å². The number of nitrogens with one attached hydrogen (secondary N) is 1. The predicted octanol–water partition coefficient (Wildman–Crippen LogP) is 4.35. The van der Waals surface area contributed by atoms with Crippen LogP contribution in [0.15, 0.2) is 23.3 Å². The molecule has 1 aromatic heterocycles. The van der Waals surface area contributed by atoms with Crippen molar-refractivity contribution in [2.45, 2.75) is 51.1 Å². The molecule has 0 saturated carbocycles. The van der Waals surface area contributed by atoms with E-state index in [9.17, 15) is 31.1 Å². The molecule has 4 rings (SSSR count). The summed E-state index contributed by atoms with van der Waals surface area (Å²) in [6, 6.07) is 0. The highest BCUT2D eigenvalue weighted by Crippen LogP contribution is 2.40. The molecule has 5 nitrogen and oxygen atoms in total. The van der Waals surface area contributed by atoms with E-state index in [0.717, 1.165) is 0 Å². The van der Waals surface area contributed by atoms with Crippen LogP contribution in [0.1, 0.15) is 47.4 Å². The summed E-state index contributed by atoms with van der Waals surface area (Å²) in [6.07, 6.45) is -4.24. The average Bonchev–Trinajstić information content (AvgIpc) is 3.25. The topological polar surface area (TPSA) is 52.2 Å². The van der Waals surface area contributed by atoms with Gasteiger partial charge >= 0.3 is 12.4 Å². The van der Waals surface area contributed by atoms with Gasteiger partial charge in [-0.05, 0) is 37.2 Å². The number of aromatic nitrogens is 2. The van der Waals surface area contributed by atoms with Gasteiger partial charge < -0.3 is 4.90 Å². The van der Waals surface area contributed by atoms with Gasteiger partial charge in [-0.3, -0.25) is 14.8 Å². The number of likely N-dealkylation sites (tertiary alicyclic amines) is 1. The summed E-state index contributed by atoms with van der Waals surface area (Å²) in [5.74, 6) is -0.668. The van der Waals surface area contributed by atoms with Crippen molar-refractivity contribution < 1.29 is 31.1 Å². The fraction of sp³-hybridized carbons (Fsp3) is 0.600. The monoisotopic (exact) mass is 448 g/mol. The lowest BCUT2D eigenvalue weighted by molar-refractivity contribution is -0.147. The highest BCUT2D eigenvalue weighted by molar-refractivity contribution is 5.94. The predicted molar refractivity (Wildman–Crippen MR) is 98.8 cm³/mol. The number of alkyl halides is 6. The number of carbonyl (C=O) groups is 1. The van der Waals surface area contributed by atoms with E-state index in [1.165, 1.54) is 9.80 Å². The highest BCUT2D eigenvalue weighted by atomic mass is 19.4. The Morgan fingerprint density at radius 2 is 1.84 bits per heavy atom. The van der Waals surface area contributed by atoms with Crippen LogP contribution in [-0.2, 0) is 13.1 Å². The number of amides is 1. The van der Waals surface area contributed by atoms with Crippen molar-refractivity contribution in [1.82, 2.24) is 20.0 Å². The molecule has 1 fully saturated rings. The molecule has 0 bridgehead atoms. The molecule has 11 heteroatoms. The van der Waals surface area contributed by atoms with Crippen LogP contribution in [0.2, 0.25) is 0 Å². The average molecular weight is 448 g/mol. The molecular weight excluding hydrogens is 426 g/mol. The molecule has 0 spiro atoms. The zero-order chi connectivity index (χ0) is 22.4. The largest absolute Gasteiger partial charge is 0.412 e. The summed E-state index contributed by atoms with van der Waals surface area (Å²) >= 11 is 0. The number of carbonyl (C=O) groups excluding carboxylic acids is 1. The summed E-state index contributed by atoms with van der Waals surface area (Å²) in [7, 11) is 0. The molecule has 2 aliphatic heterocycles. The van der Waals surface area contributed by atoms with Gasteiger partial charge in [0, 0.05) is 37.3 Å². The van der Waals surface area contributed by atoms with E-state index in [1.807, 2.05) is 0 Å². The maximum absolute atomic E-state index is 13.4. The quantitative estimate of drug-likeness (QED) is 0.700. The molecule has 1 saturated heterocycles. The van der Waals surface area contributed by atoms with E-state index >= 15 is 0 Å². The molecule has 0 atom stereocenters. The van der Waals surface area contributed by atoms with Gasteiger partial charge in [-0.15, -0.1) is 0 Å². The van der Waals surface area contributed by atoms with E-state index < -0.39 is 30.4 Å². The van der Waals surface area contributed by atoms with Crippen molar-refractivity contribution >= 4 is 5.91 Å². The normalized spacial score (nSPS) is 21.2. The zero-order valence-electron chi connectivity index (χ0n) is 16.6. The maximum Gasteiger partial charge on any atom is 0.412 e. The third-order valence-electron chi connectivity index (χ3n) is 6.09. The van der Waals surface area contributed by atoms with Gasteiger partial charge in [-0.1, -0.05) is 12.2 Å². The molecular formula is C20H22F6N4O. The molecule has 3 heterocycles. The minimum absolute atomic E-state index is 0.0183. The lowest BCUT2D eigenvalue weighted by Crippen LogP contribution is -2.40. The van der Waals surface area contributed by atoms with Crippen molar-refractivity contribution in [2.75, 3.05) is 19.6 Å². The molecule has 0 radical (unpaired) electrons. The number of halogens is 6. The van der Waals surface area contributed by atoms with Crippen molar-refractivity contribution in [3.63, 3.8) is 0 Å². The number of hydrogen-bond acceptors (Lipinski definition) is 3. The van der Waals surface area contributed by atoms with Crippen molar-refractivity contribution in [2.24, 2.45) is 5.92 Å². The van der Waals surface area contributed by atoms with Crippen LogP contribution >= 0.6 is 0 Å². The van der Waals surface area contributed by atoms with Gasteiger partial charge in [0.15, 0.2) is 5.69 Å². The first kappa shape index (κ1) is 21.9. The second kappa shape index (κ2) is 7.99. The Morgan fingerprint density at radius 1 is 1.13 bits per heavy atom. The van der Waals surface area contributed by atoms with Crippen LogP contribution < -0.4 is 0 Å². The summed E-state index contributed by atoms with van der Waals surface area (Å²) in [6.45, 7) is -0.494. The third kappa shape index (κ3) is 4.65. The first-order chi connectivity index (χ1) is 14.5. The third-order valence-corrected chi connectivity index (χ3v) is 6.09. The summed E-state index contributed by atoms with van der Waals surface area (Å²) in [5, 5.41) is 6.66. The van der Waals surface area contributed by atoms with Crippen molar-refractivity contribution in [1.29, 1.82) is 0 Å². The van der Waals surface area contributed by atoms with Crippen LogP contribution in [0.4, 0.5) is 26.3 Å². The Kier molecular flexibility index (Phi) is 5.65. The SMILES string of the molecule is O=C(c1n[nH]c2c1CN(CC(F)(F)F)C2)N1CCC(C2=C(C(F)(F)F)CCC=C2)CC1. The Morgan fingerprint density at radius 3 is 2.48 bits per heavy atom. The van der Waals surface area contributed by atoms with E-state index in [0.29, 0.717) is 36.1 Å². The summed E-state index contributed by atoms with van der Waals surface area (Å²) in [4.78, 5) is 15.6. The van der Waals surface area contributed by atoms with Gasteiger partial charge in [0.05, 0.1) is 12.2 Å². The first-order valence-corrected chi connectivity index (χ1v) is 10.1. The molecule has 1 N–H and O–H groups in total. The van der Waals surface area contributed by atoms with Crippen LogP contribution in [0.3, 0.4) is 0 Å². The van der Waals surface area contributed by atoms with Crippen molar-refractivity contribution in [3.8, 4) is 0 Å². The van der Waals surface area contributed by atoms with Crippen molar-refractivity contribution in [3.05, 3.63) is 40.2 Å². The number of fused-ring (bicyclic) bond motifs is 1. The van der Waals surface area contributed by atoms with Gasteiger partial charge in [-0.25, -0.2) is 0 Å². The van der Waals surface area contributed by atoms with Crippen LogP contribution in [-0.4, -0.2) is 57.9 Å². The second-order valence-corrected chi connectivity index (χ2v) is 8.23. The maximum atomic E-state index is 13.4. The molecule has 170 valence electrons. The minimum atomic E-state index is -4.36. The number of H-pyrrole nitrogens is 1. The Hall–Kier alpha value is -2.30. The fourth-order valence-electron chi connectivity index (χ4n) is 4.66. The number of rotatable bonds is 3. The van der Waals surface area contributed by atoms with Gasteiger partial charge in [0.1, 0.15) is 0 Å². The van der Waals surface area contributed by atoms with Crippen LogP contribution in [0, 0.1) is 5.92 Å². The summed E-state index contributed by atoms with van der Waals surface area (Å²) in [5.41, 5.74) is 0.901. The molecule has 0 unspecified atom stereocenters. The number of aromatic amines is 1. The lowest BCUT2D eigenvalue weighted by atomic mass is 9.82. The molecule has 1 aliphatic carbocycles. The summed E-state index contributed by atoms with van der Waals surface area (Å²) < 4.78 is 78.0. The number of nitrogens with zero attached hydrogens (tertiary/aromatic N) is 3. The van der Waals surface area contributed by atoms with E-state index in [4.69, 9.17) is 0 Å². The van der Waals surface area contributed by atoms with E-state index in [2.05, 4.69) is 10.2 Å². The Balaban J connectivity index is 1.42. The fourth-order valence-corrected chi connectivity index (χ4v) is 4.66. The van der Waals surface area contributed by atoms with Gasteiger partial charge in [0.2, 0.25) is 0 Å². The minimum Gasteiger partial charge on any atom is -0.337 e. The van der Waals surface area contributed by atoms with E-state index in [-0.39, 0.29) is 44.2 Å². The van der Waals surface area contributed by atoms with E-state index in [1.54, 1.807) is 12.2 Å². The second-order valence-electron chi connectivity index (χ2n) is 8.23. The van der Waals surface area contributed by atoms with Gasteiger partial charge in [0.25, 0.3) is 5.91 Å². The zero-order valence-corrected chi connectivity index (χ0v) is 16.6. The Labute approximate surface area is 174 Å². The molecule has 1 aromatic rings. The number of allylic oxidation sites excluding steroid dienone is 4. The molecule has 1 amide bonds. The lowest BCUT2D eigenvalue weighted by Gasteiger charge is -2.34.